The van der Waals surface area contributed by atoms with Crippen molar-refractivity contribution < 1.29 is 4.43 Å². The van der Waals surface area contributed by atoms with E-state index in [4.69, 9.17) is 4.43 Å². The SMILES string of the molecule is CCCC/C=C\O[Si](C)(C)C(C)(C)C. The van der Waals surface area contributed by atoms with Crippen LogP contribution in [-0.2, 0) is 4.43 Å². The number of hydrogen-bond acceptors (Lipinski definition) is 1. The highest BCUT2D eigenvalue weighted by Crippen LogP contribution is 2.36. The van der Waals surface area contributed by atoms with E-state index in [1.165, 1.54) is 12.8 Å². The maximum Gasteiger partial charge on any atom is 0.249 e. The molecule has 2 heteroatoms. The molecule has 0 saturated heterocycles. The Morgan fingerprint density at radius 1 is 1.21 bits per heavy atom. The Bertz CT molecular complexity index is 177. The van der Waals surface area contributed by atoms with Crippen LogP contribution in [0.5, 0.6) is 0 Å². The molecule has 0 unspecified atom stereocenters. The van der Waals surface area contributed by atoms with Gasteiger partial charge >= 0.3 is 0 Å². The lowest BCUT2D eigenvalue weighted by molar-refractivity contribution is 0.428. The highest BCUT2D eigenvalue weighted by atomic mass is 28.4. The summed E-state index contributed by atoms with van der Waals surface area (Å²) in [5, 5.41) is 0.308. The van der Waals surface area contributed by atoms with Gasteiger partial charge in [0, 0.05) is 0 Å². The molecule has 0 bridgehead atoms. The average molecular weight is 214 g/mol. The van der Waals surface area contributed by atoms with E-state index in [1.54, 1.807) is 0 Å². The third kappa shape index (κ3) is 4.84. The zero-order valence-electron chi connectivity index (χ0n) is 10.7. The van der Waals surface area contributed by atoms with Crippen LogP contribution in [0.4, 0.5) is 0 Å². The van der Waals surface area contributed by atoms with E-state index in [9.17, 15) is 0 Å². The molecule has 0 aliphatic heterocycles. The van der Waals surface area contributed by atoms with Crippen LogP contribution >= 0.6 is 0 Å². The van der Waals surface area contributed by atoms with Crippen molar-refractivity contribution in [2.24, 2.45) is 0 Å². The molecule has 0 radical (unpaired) electrons. The summed E-state index contributed by atoms with van der Waals surface area (Å²) in [5.41, 5.74) is 0. The summed E-state index contributed by atoms with van der Waals surface area (Å²) < 4.78 is 5.90. The molecule has 0 heterocycles. The zero-order chi connectivity index (χ0) is 11.2. The van der Waals surface area contributed by atoms with E-state index in [0.717, 1.165) is 6.42 Å². The molecule has 14 heavy (non-hydrogen) atoms. The molecule has 0 rings (SSSR count). The fraction of sp³-hybridized carbons (Fsp3) is 0.833. The van der Waals surface area contributed by atoms with Crippen LogP contribution in [0.15, 0.2) is 12.3 Å². The Balaban J connectivity index is 3.93. The minimum absolute atomic E-state index is 0.308. The van der Waals surface area contributed by atoms with Crippen molar-refractivity contribution in [3.63, 3.8) is 0 Å². The zero-order valence-corrected chi connectivity index (χ0v) is 11.7. The van der Waals surface area contributed by atoms with E-state index < -0.39 is 8.32 Å². The Morgan fingerprint density at radius 2 is 1.79 bits per heavy atom. The smallest absolute Gasteiger partial charge is 0.249 e. The van der Waals surface area contributed by atoms with Crippen LogP contribution in [0.3, 0.4) is 0 Å². The molecule has 84 valence electrons. The number of rotatable bonds is 5. The van der Waals surface area contributed by atoms with Gasteiger partial charge in [-0.15, -0.1) is 0 Å². The van der Waals surface area contributed by atoms with Crippen LogP contribution in [0.25, 0.3) is 0 Å². The van der Waals surface area contributed by atoms with Crippen LogP contribution < -0.4 is 0 Å². The number of allylic oxidation sites excluding steroid dienone is 1. The molecule has 0 spiro atoms. The van der Waals surface area contributed by atoms with E-state index in [1.807, 2.05) is 6.26 Å². The standard InChI is InChI=1S/C12H26OSi/c1-7-8-9-10-11-13-14(5,6)12(2,3)4/h10-11H,7-9H2,1-6H3/b11-10-. The third-order valence-corrected chi connectivity index (χ3v) is 7.33. The Kier molecular flexibility index (Phi) is 5.50. The van der Waals surface area contributed by atoms with Gasteiger partial charge in [-0.2, -0.15) is 0 Å². The van der Waals surface area contributed by atoms with Crippen molar-refractivity contribution in [2.45, 2.75) is 65.1 Å². The second kappa shape index (κ2) is 5.59. The first kappa shape index (κ1) is 13.8. The van der Waals surface area contributed by atoms with Crippen LogP contribution in [0, 0.1) is 0 Å². The first-order chi connectivity index (χ1) is 6.31. The Hall–Kier alpha value is -0.243. The molecule has 0 fully saturated rings. The van der Waals surface area contributed by atoms with Crippen molar-refractivity contribution in [2.75, 3.05) is 0 Å². The van der Waals surface area contributed by atoms with Crippen LogP contribution in [-0.4, -0.2) is 8.32 Å². The molecule has 0 atom stereocenters. The predicted molar refractivity (Wildman–Crippen MR) is 66.9 cm³/mol. The summed E-state index contributed by atoms with van der Waals surface area (Å²) in [6.45, 7) is 13.5. The van der Waals surface area contributed by atoms with Gasteiger partial charge in [-0.05, 0) is 31.0 Å². The van der Waals surface area contributed by atoms with Crippen molar-refractivity contribution in [3.05, 3.63) is 12.3 Å². The van der Waals surface area contributed by atoms with Gasteiger partial charge in [0.25, 0.3) is 0 Å². The summed E-state index contributed by atoms with van der Waals surface area (Å²) >= 11 is 0. The fourth-order valence-corrected chi connectivity index (χ4v) is 1.57. The third-order valence-electron chi connectivity index (χ3n) is 2.99. The maximum atomic E-state index is 5.90. The molecular formula is C12H26OSi. The molecule has 0 amide bonds. The first-order valence-corrected chi connectivity index (χ1v) is 8.55. The van der Waals surface area contributed by atoms with Crippen molar-refractivity contribution >= 4 is 8.32 Å². The van der Waals surface area contributed by atoms with Crippen molar-refractivity contribution in [1.29, 1.82) is 0 Å². The lowest BCUT2D eigenvalue weighted by Crippen LogP contribution is -2.39. The number of unbranched alkanes of at least 4 members (excludes halogenated alkanes) is 2. The molecule has 0 saturated carbocycles. The average Bonchev–Trinajstić information content (AvgIpc) is 2.02. The van der Waals surface area contributed by atoms with Crippen molar-refractivity contribution in [3.8, 4) is 0 Å². The highest BCUT2D eigenvalue weighted by molar-refractivity contribution is 6.74. The molecular weight excluding hydrogens is 188 g/mol. The van der Waals surface area contributed by atoms with E-state index in [2.05, 4.69) is 46.9 Å². The predicted octanol–water partition coefficient (Wildman–Crippen LogP) is 4.71. The topological polar surface area (TPSA) is 9.23 Å². The molecule has 1 nitrogen and oxygen atoms in total. The molecule has 0 aliphatic rings. The molecule has 0 aromatic rings. The minimum atomic E-state index is -1.55. The highest BCUT2D eigenvalue weighted by Gasteiger charge is 2.37. The molecule has 0 aliphatic carbocycles. The summed E-state index contributed by atoms with van der Waals surface area (Å²) in [6, 6.07) is 0. The van der Waals surface area contributed by atoms with E-state index >= 15 is 0 Å². The van der Waals surface area contributed by atoms with Gasteiger partial charge in [0.05, 0.1) is 6.26 Å². The largest absolute Gasteiger partial charge is 0.549 e. The Morgan fingerprint density at radius 3 is 2.21 bits per heavy atom. The molecule has 0 aromatic carbocycles. The normalized spacial score (nSPS) is 13.6. The van der Waals surface area contributed by atoms with Crippen molar-refractivity contribution in [1.82, 2.24) is 0 Å². The van der Waals surface area contributed by atoms with Crippen LogP contribution in [0.2, 0.25) is 18.1 Å². The van der Waals surface area contributed by atoms with Gasteiger partial charge < -0.3 is 4.43 Å². The molecule has 0 aromatic heterocycles. The fourth-order valence-electron chi connectivity index (χ4n) is 0.785. The summed E-state index contributed by atoms with van der Waals surface area (Å²) in [7, 11) is -1.55. The monoisotopic (exact) mass is 214 g/mol. The second-order valence-electron chi connectivity index (χ2n) is 5.39. The maximum absolute atomic E-state index is 5.90. The lowest BCUT2D eigenvalue weighted by atomic mass is 10.2. The quantitative estimate of drug-likeness (QED) is 0.366. The molecule has 0 N–H and O–H groups in total. The van der Waals surface area contributed by atoms with Gasteiger partial charge in [-0.1, -0.05) is 40.2 Å². The second-order valence-corrected chi connectivity index (χ2v) is 10.1. The summed E-state index contributed by atoms with van der Waals surface area (Å²) in [6.07, 6.45) is 7.74. The number of hydrogen-bond donors (Lipinski definition) is 0. The Labute approximate surface area is 90.7 Å². The van der Waals surface area contributed by atoms with Gasteiger partial charge in [-0.25, -0.2) is 0 Å². The van der Waals surface area contributed by atoms with Gasteiger partial charge in [0.15, 0.2) is 0 Å². The van der Waals surface area contributed by atoms with E-state index in [0.29, 0.717) is 5.04 Å². The van der Waals surface area contributed by atoms with Gasteiger partial charge in [-0.3, -0.25) is 0 Å². The van der Waals surface area contributed by atoms with Gasteiger partial charge in [0.1, 0.15) is 0 Å². The lowest BCUT2D eigenvalue weighted by Gasteiger charge is -2.34. The first-order valence-electron chi connectivity index (χ1n) is 5.64. The van der Waals surface area contributed by atoms with E-state index in [-0.39, 0.29) is 0 Å². The van der Waals surface area contributed by atoms with Crippen LogP contribution in [0.1, 0.15) is 47.0 Å². The summed E-state index contributed by atoms with van der Waals surface area (Å²) in [4.78, 5) is 0. The van der Waals surface area contributed by atoms with Gasteiger partial charge in [0.2, 0.25) is 8.32 Å². The summed E-state index contributed by atoms with van der Waals surface area (Å²) in [5.74, 6) is 0. The minimum Gasteiger partial charge on any atom is -0.549 e.